The van der Waals surface area contributed by atoms with Crippen molar-refractivity contribution in [3.8, 4) is 0 Å². The van der Waals surface area contributed by atoms with Gasteiger partial charge in [0, 0.05) is 32.7 Å². The summed E-state index contributed by atoms with van der Waals surface area (Å²) in [7, 11) is -3.04. The summed E-state index contributed by atoms with van der Waals surface area (Å²) in [6.07, 6.45) is 5.02. The Morgan fingerprint density at radius 1 is 1.14 bits per heavy atom. The zero-order valence-electron chi connectivity index (χ0n) is 13.3. The summed E-state index contributed by atoms with van der Waals surface area (Å²) in [5.41, 5.74) is 0. The fraction of sp³-hybridized carbons (Fsp3) is 1.00. The van der Waals surface area contributed by atoms with Crippen molar-refractivity contribution in [2.45, 2.75) is 39.0 Å². The molecule has 0 saturated carbocycles. The van der Waals surface area contributed by atoms with Gasteiger partial charge in [-0.2, -0.15) is 0 Å². The lowest BCUT2D eigenvalue weighted by atomic mass is 9.99. The summed E-state index contributed by atoms with van der Waals surface area (Å²) < 4.78 is 31.9. The molecule has 0 aliphatic carbocycles. The minimum Gasteiger partial charge on any atom is -0.379 e. The summed E-state index contributed by atoms with van der Waals surface area (Å²) in [6, 6.07) is 0. The molecule has 21 heavy (non-hydrogen) atoms. The van der Waals surface area contributed by atoms with Gasteiger partial charge in [-0.25, -0.2) is 12.7 Å². The van der Waals surface area contributed by atoms with Gasteiger partial charge in [0.2, 0.25) is 10.0 Å². The molecule has 2 aliphatic rings. The molecule has 0 aromatic rings. The molecule has 2 rings (SSSR count). The van der Waals surface area contributed by atoms with Crippen molar-refractivity contribution in [1.82, 2.24) is 9.21 Å². The molecule has 0 aromatic heterocycles. The Morgan fingerprint density at radius 2 is 1.90 bits per heavy atom. The van der Waals surface area contributed by atoms with Crippen molar-refractivity contribution in [3.05, 3.63) is 0 Å². The number of nitrogens with zero attached hydrogens (tertiary/aromatic N) is 2. The number of hydrogen-bond donors (Lipinski definition) is 0. The highest BCUT2D eigenvalue weighted by molar-refractivity contribution is 7.89. The molecule has 2 saturated heterocycles. The molecule has 0 unspecified atom stereocenters. The first-order valence-corrected chi connectivity index (χ1v) is 10.0. The number of ether oxygens (including phenoxy) is 1. The summed E-state index contributed by atoms with van der Waals surface area (Å²) in [6.45, 7) is 8.15. The van der Waals surface area contributed by atoms with Gasteiger partial charge in [0.1, 0.15) is 0 Å². The monoisotopic (exact) mass is 318 g/mol. The van der Waals surface area contributed by atoms with Crippen molar-refractivity contribution < 1.29 is 13.2 Å². The Balaban J connectivity index is 1.81. The topological polar surface area (TPSA) is 49.9 Å². The average molecular weight is 318 g/mol. The molecule has 2 aliphatic heterocycles. The van der Waals surface area contributed by atoms with Crippen LogP contribution in [0.1, 0.15) is 39.0 Å². The van der Waals surface area contributed by atoms with Gasteiger partial charge in [-0.1, -0.05) is 19.8 Å². The third-order valence-electron chi connectivity index (χ3n) is 4.50. The van der Waals surface area contributed by atoms with Gasteiger partial charge >= 0.3 is 0 Å². The van der Waals surface area contributed by atoms with Crippen LogP contribution in [-0.4, -0.2) is 69.3 Å². The van der Waals surface area contributed by atoms with E-state index in [0.717, 1.165) is 65.0 Å². The zero-order chi connectivity index (χ0) is 15.1. The normalized spacial score (nSPS) is 26.0. The second-order valence-corrected chi connectivity index (χ2v) is 8.39. The Morgan fingerprint density at radius 3 is 2.62 bits per heavy atom. The second kappa shape index (κ2) is 8.46. The van der Waals surface area contributed by atoms with E-state index in [0.29, 0.717) is 24.8 Å². The maximum Gasteiger partial charge on any atom is 0.214 e. The summed E-state index contributed by atoms with van der Waals surface area (Å²) >= 11 is 0. The van der Waals surface area contributed by atoms with E-state index >= 15 is 0 Å². The molecule has 0 bridgehead atoms. The van der Waals surface area contributed by atoms with E-state index in [9.17, 15) is 8.42 Å². The lowest BCUT2D eigenvalue weighted by Crippen LogP contribution is -2.46. The Labute approximate surface area is 129 Å². The van der Waals surface area contributed by atoms with Gasteiger partial charge < -0.3 is 4.74 Å². The standard InChI is InChI=1S/C15H30N2O3S/c1-2-3-4-12-21(18,19)17-7-5-6-15(14-17)13-16-8-10-20-11-9-16/h15H,2-14H2,1H3/t15-/m1/s1. The first-order chi connectivity index (χ1) is 10.1. The minimum absolute atomic E-state index is 0.325. The van der Waals surface area contributed by atoms with Crippen molar-refractivity contribution in [3.63, 3.8) is 0 Å². The molecule has 0 N–H and O–H groups in total. The molecule has 0 amide bonds. The van der Waals surface area contributed by atoms with Gasteiger partial charge in [-0.15, -0.1) is 0 Å². The van der Waals surface area contributed by atoms with Crippen LogP contribution >= 0.6 is 0 Å². The van der Waals surface area contributed by atoms with E-state index in [1.54, 1.807) is 4.31 Å². The van der Waals surface area contributed by atoms with E-state index in [-0.39, 0.29) is 0 Å². The molecular weight excluding hydrogens is 288 g/mol. The van der Waals surface area contributed by atoms with Gasteiger partial charge in [0.05, 0.1) is 19.0 Å². The summed E-state index contributed by atoms with van der Waals surface area (Å²) in [5, 5.41) is 0. The molecule has 0 radical (unpaired) electrons. The second-order valence-electron chi connectivity index (χ2n) is 6.30. The maximum atomic E-state index is 12.4. The lowest BCUT2D eigenvalue weighted by molar-refractivity contribution is 0.0265. The fourth-order valence-electron chi connectivity index (χ4n) is 3.24. The van der Waals surface area contributed by atoms with Crippen LogP contribution in [0.2, 0.25) is 0 Å². The summed E-state index contributed by atoms with van der Waals surface area (Å²) in [4.78, 5) is 2.42. The van der Waals surface area contributed by atoms with Crippen molar-refractivity contribution >= 4 is 10.0 Å². The highest BCUT2D eigenvalue weighted by Gasteiger charge is 2.29. The number of rotatable bonds is 7. The molecule has 6 heteroatoms. The molecule has 5 nitrogen and oxygen atoms in total. The van der Waals surface area contributed by atoms with Crippen LogP contribution in [0.15, 0.2) is 0 Å². The fourth-order valence-corrected chi connectivity index (χ4v) is 4.91. The Kier molecular flexibility index (Phi) is 6.92. The van der Waals surface area contributed by atoms with Crippen molar-refractivity contribution in [2.24, 2.45) is 5.92 Å². The largest absolute Gasteiger partial charge is 0.379 e. The molecular formula is C15H30N2O3S. The van der Waals surface area contributed by atoms with Crippen LogP contribution in [0.3, 0.4) is 0 Å². The Hall–Kier alpha value is -0.170. The van der Waals surface area contributed by atoms with Gasteiger partial charge in [-0.05, 0) is 25.2 Å². The maximum absolute atomic E-state index is 12.4. The smallest absolute Gasteiger partial charge is 0.214 e. The highest BCUT2D eigenvalue weighted by Crippen LogP contribution is 2.21. The molecule has 0 aromatic carbocycles. The first kappa shape index (κ1) is 17.2. The predicted octanol–water partition coefficient (Wildman–Crippen LogP) is 1.55. The molecule has 1 atom stereocenters. The SMILES string of the molecule is CCCCCS(=O)(=O)N1CCC[C@H](CN2CCOCC2)C1. The minimum atomic E-state index is -3.04. The Bertz CT molecular complexity index is 394. The van der Waals surface area contributed by atoms with Crippen LogP contribution in [-0.2, 0) is 14.8 Å². The molecule has 124 valence electrons. The van der Waals surface area contributed by atoms with Crippen molar-refractivity contribution in [1.29, 1.82) is 0 Å². The third kappa shape index (κ3) is 5.51. The predicted molar refractivity (Wildman–Crippen MR) is 84.9 cm³/mol. The average Bonchev–Trinajstić information content (AvgIpc) is 2.49. The number of piperidine rings is 1. The number of unbranched alkanes of at least 4 members (excludes halogenated alkanes) is 2. The number of sulfonamides is 1. The van der Waals surface area contributed by atoms with Crippen LogP contribution in [0.4, 0.5) is 0 Å². The van der Waals surface area contributed by atoms with E-state index in [1.807, 2.05) is 0 Å². The first-order valence-electron chi connectivity index (χ1n) is 8.39. The van der Waals surface area contributed by atoms with Crippen LogP contribution in [0.25, 0.3) is 0 Å². The van der Waals surface area contributed by atoms with Crippen molar-refractivity contribution in [2.75, 3.05) is 51.7 Å². The van der Waals surface area contributed by atoms with Gasteiger partial charge in [0.15, 0.2) is 0 Å². The number of morpholine rings is 1. The van der Waals surface area contributed by atoms with E-state index in [4.69, 9.17) is 4.74 Å². The van der Waals surface area contributed by atoms with Crippen LogP contribution in [0, 0.1) is 5.92 Å². The van der Waals surface area contributed by atoms with E-state index in [2.05, 4.69) is 11.8 Å². The lowest BCUT2D eigenvalue weighted by Gasteiger charge is -2.36. The zero-order valence-corrected chi connectivity index (χ0v) is 14.1. The molecule has 0 spiro atoms. The van der Waals surface area contributed by atoms with E-state index < -0.39 is 10.0 Å². The molecule has 2 fully saturated rings. The molecule has 2 heterocycles. The highest BCUT2D eigenvalue weighted by atomic mass is 32.2. The van der Waals surface area contributed by atoms with E-state index in [1.165, 1.54) is 0 Å². The van der Waals surface area contributed by atoms with Crippen LogP contribution < -0.4 is 0 Å². The summed E-state index contributed by atoms with van der Waals surface area (Å²) in [5.74, 6) is 0.809. The quantitative estimate of drug-likeness (QED) is 0.668. The van der Waals surface area contributed by atoms with Gasteiger partial charge in [0.25, 0.3) is 0 Å². The van der Waals surface area contributed by atoms with Crippen LogP contribution in [0.5, 0.6) is 0 Å². The third-order valence-corrected chi connectivity index (χ3v) is 6.42. The van der Waals surface area contributed by atoms with Gasteiger partial charge in [-0.3, -0.25) is 4.90 Å². The number of hydrogen-bond acceptors (Lipinski definition) is 4.